The molecule has 1 N–H and O–H groups in total. The van der Waals surface area contributed by atoms with Crippen LogP contribution >= 0.6 is 0 Å². The number of fused-ring (bicyclic) bond motifs is 1. The van der Waals surface area contributed by atoms with Gasteiger partial charge in [-0.15, -0.1) is 0 Å². The van der Waals surface area contributed by atoms with E-state index in [0.29, 0.717) is 18.0 Å². The van der Waals surface area contributed by atoms with Crippen LogP contribution in [0, 0.1) is 5.92 Å². The maximum atomic E-state index is 12.2. The monoisotopic (exact) mass is 297 g/mol. The molecule has 2 atom stereocenters. The average Bonchev–Trinajstić information content (AvgIpc) is 2.68. The number of nitrogens with zero attached hydrogens (tertiary/aromatic N) is 1. The molecule has 110 valence electrons. The van der Waals surface area contributed by atoms with Crippen molar-refractivity contribution in [2.24, 2.45) is 5.92 Å². The van der Waals surface area contributed by atoms with Gasteiger partial charge in [0, 0.05) is 6.54 Å². The number of carboxylic acid groups (broad SMARTS) is 1. The van der Waals surface area contributed by atoms with Crippen molar-refractivity contribution < 1.29 is 18.3 Å². The smallest absolute Gasteiger partial charge is 0.307 e. The minimum atomic E-state index is -3.26. The van der Waals surface area contributed by atoms with Crippen LogP contribution in [0.5, 0.6) is 0 Å². The summed E-state index contributed by atoms with van der Waals surface area (Å²) in [5.41, 5.74) is 0.784. The van der Waals surface area contributed by atoms with E-state index in [1.165, 1.54) is 0 Å². The van der Waals surface area contributed by atoms with E-state index in [4.69, 9.17) is 5.11 Å². The molecule has 6 heteroatoms. The zero-order valence-electron chi connectivity index (χ0n) is 11.6. The van der Waals surface area contributed by atoms with Gasteiger partial charge in [0.25, 0.3) is 0 Å². The number of carboxylic acids is 1. The van der Waals surface area contributed by atoms with Crippen molar-refractivity contribution in [2.75, 3.05) is 18.8 Å². The highest BCUT2D eigenvalue weighted by Gasteiger charge is 2.37. The van der Waals surface area contributed by atoms with Crippen LogP contribution in [0.4, 0.5) is 0 Å². The van der Waals surface area contributed by atoms with E-state index in [1.54, 1.807) is 19.1 Å². The van der Waals surface area contributed by atoms with Crippen molar-refractivity contribution in [3.8, 4) is 0 Å². The van der Waals surface area contributed by atoms with Crippen LogP contribution in [-0.2, 0) is 14.6 Å². The molecule has 0 aliphatic carbocycles. The Bertz CT molecular complexity index is 611. The van der Waals surface area contributed by atoms with Crippen molar-refractivity contribution in [1.82, 2.24) is 4.90 Å². The average molecular weight is 297 g/mol. The second-order valence-electron chi connectivity index (χ2n) is 5.16. The predicted octanol–water partition coefficient (Wildman–Crippen LogP) is 1.56. The molecule has 5 nitrogen and oxygen atoms in total. The van der Waals surface area contributed by atoms with E-state index in [-0.39, 0.29) is 11.8 Å². The summed E-state index contributed by atoms with van der Waals surface area (Å²) in [7, 11) is -3.26. The van der Waals surface area contributed by atoms with Crippen molar-refractivity contribution in [1.29, 1.82) is 0 Å². The van der Waals surface area contributed by atoms with Gasteiger partial charge in [-0.25, -0.2) is 8.42 Å². The van der Waals surface area contributed by atoms with Crippen molar-refractivity contribution in [2.45, 2.75) is 24.8 Å². The van der Waals surface area contributed by atoms with E-state index in [2.05, 4.69) is 0 Å². The molecule has 2 rings (SSSR count). The summed E-state index contributed by atoms with van der Waals surface area (Å²) in [5.74, 6) is -1.35. The van der Waals surface area contributed by atoms with Gasteiger partial charge in [0.15, 0.2) is 9.84 Å². The SMILES string of the molecule is CCN(CC(C)C(=O)O)C1CS(=O)(=O)c2ccccc21. The second kappa shape index (κ2) is 5.54. The predicted molar refractivity (Wildman–Crippen MR) is 75.3 cm³/mol. The number of rotatable bonds is 5. The van der Waals surface area contributed by atoms with E-state index in [0.717, 1.165) is 5.56 Å². The normalized spacial score (nSPS) is 21.6. The number of benzene rings is 1. The first-order valence-corrected chi connectivity index (χ1v) is 8.30. The molecule has 1 aromatic rings. The van der Waals surface area contributed by atoms with Crippen LogP contribution in [-0.4, -0.2) is 43.2 Å². The zero-order valence-corrected chi connectivity index (χ0v) is 12.4. The summed E-state index contributed by atoms with van der Waals surface area (Å²) < 4.78 is 24.3. The molecule has 0 spiro atoms. The standard InChI is InChI=1S/C14H19NO4S/c1-3-15(8-10(2)14(16)17)12-9-20(18,19)13-7-5-4-6-11(12)13/h4-7,10,12H,3,8-9H2,1-2H3,(H,16,17). The highest BCUT2D eigenvalue weighted by molar-refractivity contribution is 7.91. The number of hydrogen-bond donors (Lipinski definition) is 1. The third-order valence-corrected chi connectivity index (χ3v) is 5.56. The molecular formula is C14H19NO4S. The molecule has 2 unspecified atom stereocenters. The van der Waals surface area contributed by atoms with E-state index < -0.39 is 21.7 Å². The molecule has 0 saturated heterocycles. The molecule has 1 aliphatic rings. The summed E-state index contributed by atoms with van der Waals surface area (Å²) in [5, 5.41) is 9.02. The lowest BCUT2D eigenvalue weighted by Gasteiger charge is -2.28. The molecule has 1 aromatic carbocycles. The Labute approximate surface area is 119 Å². The Hall–Kier alpha value is -1.40. The third-order valence-electron chi connectivity index (χ3n) is 3.77. The van der Waals surface area contributed by atoms with Crippen LogP contribution < -0.4 is 0 Å². The van der Waals surface area contributed by atoms with E-state index in [9.17, 15) is 13.2 Å². The quantitative estimate of drug-likeness (QED) is 0.892. The largest absolute Gasteiger partial charge is 0.481 e. The van der Waals surface area contributed by atoms with Crippen LogP contribution in [0.3, 0.4) is 0 Å². The van der Waals surface area contributed by atoms with E-state index >= 15 is 0 Å². The fourth-order valence-corrected chi connectivity index (χ4v) is 4.47. The van der Waals surface area contributed by atoms with Gasteiger partial charge < -0.3 is 5.11 Å². The maximum Gasteiger partial charge on any atom is 0.307 e. The fraction of sp³-hybridized carbons (Fsp3) is 0.500. The lowest BCUT2D eigenvalue weighted by molar-refractivity contribution is -0.141. The lowest BCUT2D eigenvalue weighted by atomic mass is 10.0. The third kappa shape index (κ3) is 2.71. The van der Waals surface area contributed by atoms with Gasteiger partial charge in [0.05, 0.1) is 22.6 Å². The molecular weight excluding hydrogens is 278 g/mol. The van der Waals surface area contributed by atoms with Gasteiger partial charge in [-0.05, 0) is 18.2 Å². The number of sulfone groups is 1. The van der Waals surface area contributed by atoms with Crippen LogP contribution in [0.15, 0.2) is 29.2 Å². The Balaban J connectivity index is 2.31. The number of hydrogen-bond acceptors (Lipinski definition) is 4. The maximum absolute atomic E-state index is 12.2. The van der Waals surface area contributed by atoms with Gasteiger partial charge in [-0.1, -0.05) is 32.0 Å². The molecule has 0 fully saturated rings. The van der Waals surface area contributed by atoms with Crippen molar-refractivity contribution in [3.05, 3.63) is 29.8 Å². The van der Waals surface area contributed by atoms with Crippen LogP contribution in [0.25, 0.3) is 0 Å². The van der Waals surface area contributed by atoms with Crippen LogP contribution in [0.1, 0.15) is 25.5 Å². The minimum Gasteiger partial charge on any atom is -0.481 e. The summed E-state index contributed by atoms with van der Waals surface area (Å²) >= 11 is 0. The van der Waals surface area contributed by atoms with Gasteiger partial charge in [-0.3, -0.25) is 9.69 Å². The molecule has 1 heterocycles. The van der Waals surface area contributed by atoms with E-state index in [1.807, 2.05) is 24.0 Å². The Kier molecular flexibility index (Phi) is 4.15. The van der Waals surface area contributed by atoms with Crippen molar-refractivity contribution >= 4 is 15.8 Å². The first-order chi connectivity index (χ1) is 9.36. The lowest BCUT2D eigenvalue weighted by Crippen LogP contribution is -2.35. The van der Waals surface area contributed by atoms with Crippen molar-refractivity contribution in [3.63, 3.8) is 0 Å². The fourth-order valence-electron chi connectivity index (χ4n) is 2.64. The van der Waals surface area contributed by atoms with Gasteiger partial charge in [0.1, 0.15) is 0 Å². The summed E-state index contributed by atoms with van der Waals surface area (Å²) in [6.45, 7) is 4.52. The Morgan fingerprint density at radius 1 is 1.45 bits per heavy atom. The highest BCUT2D eigenvalue weighted by atomic mass is 32.2. The number of carbonyl (C=O) groups is 1. The molecule has 0 aromatic heterocycles. The minimum absolute atomic E-state index is 0.0343. The molecule has 0 radical (unpaired) electrons. The topological polar surface area (TPSA) is 74.7 Å². The first kappa shape index (κ1) is 15.0. The second-order valence-corrected chi connectivity index (χ2v) is 7.16. The Morgan fingerprint density at radius 3 is 2.70 bits per heavy atom. The molecule has 1 aliphatic heterocycles. The number of aliphatic carboxylic acids is 1. The van der Waals surface area contributed by atoms with Gasteiger partial charge in [0.2, 0.25) is 0 Å². The molecule has 0 saturated carbocycles. The summed E-state index contributed by atoms with van der Waals surface area (Å²) in [6.07, 6.45) is 0. The highest BCUT2D eigenvalue weighted by Crippen LogP contribution is 2.37. The molecule has 0 amide bonds. The zero-order chi connectivity index (χ0) is 14.9. The molecule has 0 bridgehead atoms. The summed E-state index contributed by atoms with van der Waals surface area (Å²) in [4.78, 5) is 13.3. The summed E-state index contributed by atoms with van der Waals surface area (Å²) in [6, 6.07) is 6.73. The first-order valence-electron chi connectivity index (χ1n) is 6.65. The van der Waals surface area contributed by atoms with Gasteiger partial charge in [-0.2, -0.15) is 0 Å². The Morgan fingerprint density at radius 2 is 2.10 bits per heavy atom. The van der Waals surface area contributed by atoms with Gasteiger partial charge >= 0.3 is 5.97 Å². The molecule has 20 heavy (non-hydrogen) atoms. The van der Waals surface area contributed by atoms with Crippen LogP contribution in [0.2, 0.25) is 0 Å².